The highest BCUT2D eigenvalue weighted by Crippen LogP contribution is 2.30. The van der Waals surface area contributed by atoms with Crippen LogP contribution in [0.5, 0.6) is 0 Å². The first kappa shape index (κ1) is 26.8. The maximum absolute atomic E-state index is 13.5. The van der Waals surface area contributed by atoms with E-state index in [-0.39, 0.29) is 10.9 Å². The Morgan fingerprint density at radius 1 is 0.676 bits per heavy atom. The van der Waals surface area contributed by atoms with Crippen molar-refractivity contribution in [2.75, 3.05) is 13.2 Å². The van der Waals surface area contributed by atoms with Gasteiger partial charge in [-0.05, 0) is 42.7 Å². The highest BCUT2D eigenvalue weighted by atomic mass is 32.2. The molecule has 2 N–H and O–H groups in total. The summed E-state index contributed by atoms with van der Waals surface area (Å²) in [6.45, 7) is 5.58. The zero-order valence-corrected chi connectivity index (χ0v) is 22.1. The summed E-state index contributed by atoms with van der Waals surface area (Å²) in [6.07, 6.45) is 0. The fourth-order valence-corrected chi connectivity index (χ4v) is 5.43. The van der Waals surface area contributed by atoms with Crippen LogP contribution in [0.2, 0.25) is 0 Å². The molecule has 0 amide bonds. The Bertz CT molecular complexity index is 1340. The highest BCUT2D eigenvalue weighted by Gasteiger charge is 2.29. The molecule has 6 heteroatoms. The largest absolute Gasteiger partial charge is 0.375 e. The van der Waals surface area contributed by atoms with E-state index < -0.39 is 16.1 Å². The number of benzene rings is 4. The minimum atomic E-state index is -3.77. The van der Waals surface area contributed by atoms with Crippen molar-refractivity contribution in [2.24, 2.45) is 0 Å². The maximum Gasteiger partial charge on any atom is 0.241 e. The van der Waals surface area contributed by atoms with Gasteiger partial charge in [0.2, 0.25) is 10.0 Å². The smallest absolute Gasteiger partial charge is 0.241 e. The molecule has 4 aromatic rings. The third-order valence-electron chi connectivity index (χ3n) is 6.26. The molecule has 4 aromatic carbocycles. The van der Waals surface area contributed by atoms with Gasteiger partial charge in [0.25, 0.3) is 0 Å². The third kappa shape index (κ3) is 7.60. The summed E-state index contributed by atoms with van der Waals surface area (Å²) < 4.78 is 35.8. The van der Waals surface area contributed by atoms with Crippen LogP contribution in [-0.2, 0) is 21.4 Å². The molecule has 2 atom stereocenters. The molecule has 5 nitrogen and oxygen atoms in total. The first-order chi connectivity index (χ1) is 17.9. The molecular formula is C31H34N2O3S. The lowest BCUT2D eigenvalue weighted by Gasteiger charge is -2.30. The Morgan fingerprint density at radius 2 is 1.19 bits per heavy atom. The summed E-state index contributed by atoms with van der Waals surface area (Å²) in [5.74, 6) is 0. The van der Waals surface area contributed by atoms with E-state index in [1.165, 1.54) is 5.56 Å². The van der Waals surface area contributed by atoms with Crippen molar-refractivity contribution in [3.05, 3.63) is 137 Å². The van der Waals surface area contributed by atoms with Crippen molar-refractivity contribution in [2.45, 2.75) is 37.4 Å². The van der Waals surface area contributed by atoms with E-state index in [2.05, 4.69) is 41.2 Å². The summed E-state index contributed by atoms with van der Waals surface area (Å²) in [7, 11) is -3.77. The molecule has 0 aliphatic carbocycles. The average Bonchev–Trinajstić information content (AvgIpc) is 2.92. The molecule has 0 spiro atoms. The fourth-order valence-electron chi connectivity index (χ4n) is 4.19. The van der Waals surface area contributed by atoms with Crippen LogP contribution < -0.4 is 10.0 Å². The average molecular weight is 515 g/mol. The van der Waals surface area contributed by atoms with Crippen molar-refractivity contribution < 1.29 is 13.2 Å². The summed E-state index contributed by atoms with van der Waals surface area (Å²) in [5, 5.41) is 3.56. The summed E-state index contributed by atoms with van der Waals surface area (Å²) in [6, 6.07) is 34.0. The number of nitrogens with one attached hydrogen (secondary N) is 2. The van der Waals surface area contributed by atoms with Gasteiger partial charge in [-0.15, -0.1) is 0 Å². The lowest BCUT2D eigenvalue weighted by molar-refractivity contribution is 0.119. The molecule has 37 heavy (non-hydrogen) atoms. The van der Waals surface area contributed by atoms with Crippen LogP contribution in [0.25, 0.3) is 0 Å². The summed E-state index contributed by atoms with van der Waals surface area (Å²) in [5.41, 5.74) is 5.21. The molecule has 0 saturated heterocycles. The fraction of sp³-hybridized carbons (Fsp3) is 0.226. The Kier molecular flexibility index (Phi) is 9.25. The molecule has 4 rings (SSSR count). The second-order valence-corrected chi connectivity index (χ2v) is 10.9. The second kappa shape index (κ2) is 12.8. The van der Waals surface area contributed by atoms with Crippen molar-refractivity contribution in [1.29, 1.82) is 0 Å². The number of sulfonamides is 1. The van der Waals surface area contributed by atoms with Gasteiger partial charge in [-0.25, -0.2) is 13.1 Å². The molecule has 0 saturated carbocycles. The molecule has 0 heterocycles. The normalized spacial score (nSPS) is 13.2. The molecular weight excluding hydrogens is 480 g/mol. The summed E-state index contributed by atoms with van der Waals surface area (Å²) in [4.78, 5) is 0.243. The van der Waals surface area contributed by atoms with E-state index in [4.69, 9.17) is 4.74 Å². The van der Waals surface area contributed by atoms with Crippen LogP contribution >= 0.6 is 0 Å². The van der Waals surface area contributed by atoms with Crippen molar-refractivity contribution in [3.8, 4) is 0 Å². The van der Waals surface area contributed by atoms with Gasteiger partial charge < -0.3 is 10.1 Å². The Hall–Kier alpha value is -3.29. The highest BCUT2D eigenvalue weighted by molar-refractivity contribution is 7.89. The van der Waals surface area contributed by atoms with Gasteiger partial charge in [0, 0.05) is 6.54 Å². The zero-order chi connectivity index (χ0) is 26.1. The van der Waals surface area contributed by atoms with Gasteiger partial charge >= 0.3 is 0 Å². The molecule has 0 aromatic heterocycles. The van der Waals surface area contributed by atoms with Gasteiger partial charge in [0.15, 0.2) is 0 Å². The molecule has 0 bridgehead atoms. The van der Waals surface area contributed by atoms with Gasteiger partial charge in [-0.1, -0.05) is 108 Å². The molecule has 0 radical (unpaired) electrons. The minimum absolute atomic E-state index is 0.243. The van der Waals surface area contributed by atoms with Gasteiger partial charge in [-0.3, -0.25) is 0 Å². The second-order valence-electron chi connectivity index (χ2n) is 9.20. The molecule has 0 fully saturated rings. The quantitative estimate of drug-likeness (QED) is 0.232. The topological polar surface area (TPSA) is 67.4 Å². The van der Waals surface area contributed by atoms with Gasteiger partial charge in [0.1, 0.15) is 0 Å². The number of ether oxygens (including phenoxy) is 1. The molecule has 0 aliphatic rings. The van der Waals surface area contributed by atoms with Crippen molar-refractivity contribution >= 4 is 10.0 Å². The lowest BCUT2D eigenvalue weighted by atomic mass is 9.94. The van der Waals surface area contributed by atoms with Crippen molar-refractivity contribution in [1.82, 2.24) is 10.0 Å². The first-order valence-corrected chi connectivity index (χ1v) is 14.0. The molecule has 0 unspecified atom stereocenters. The monoisotopic (exact) mass is 514 g/mol. The van der Waals surface area contributed by atoms with Crippen LogP contribution in [0, 0.1) is 13.8 Å². The summed E-state index contributed by atoms with van der Waals surface area (Å²) >= 11 is 0. The molecule has 192 valence electrons. The predicted octanol–water partition coefficient (Wildman–Crippen LogP) is 5.87. The Balaban J connectivity index is 1.55. The van der Waals surface area contributed by atoms with E-state index in [1.807, 2.05) is 79.7 Å². The lowest BCUT2D eigenvalue weighted by Crippen LogP contribution is -2.39. The maximum atomic E-state index is 13.5. The van der Waals surface area contributed by atoms with Crippen LogP contribution in [0.15, 0.2) is 114 Å². The standard InChI is InChI=1S/C31H34N2O3S/c1-24-13-17-26(18-14-24)23-36-22-21-32-30(27-9-5-3-6-10-27)31(28-11-7-4-8-12-28)33-37(34,35)29-19-15-25(2)16-20-29/h3-20,30-33H,21-23H2,1-2H3/t30-,31-/m1/s1. The first-order valence-electron chi connectivity index (χ1n) is 12.5. The predicted molar refractivity (Wildman–Crippen MR) is 149 cm³/mol. The SMILES string of the molecule is Cc1ccc(COCCN[C@H](c2ccccc2)[C@H](NS(=O)(=O)c2ccc(C)cc2)c2ccccc2)cc1. The zero-order valence-electron chi connectivity index (χ0n) is 21.3. The van der Waals surface area contributed by atoms with Crippen LogP contribution in [-0.4, -0.2) is 21.6 Å². The van der Waals surface area contributed by atoms with Crippen LogP contribution in [0.1, 0.15) is 39.9 Å². The Morgan fingerprint density at radius 3 is 1.76 bits per heavy atom. The van der Waals surface area contributed by atoms with Crippen LogP contribution in [0.3, 0.4) is 0 Å². The number of hydrogen-bond acceptors (Lipinski definition) is 4. The third-order valence-corrected chi connectivity index (χ3v) is 7.72. The van der Waals surface area contributed by atoms with E-state index in [9.17, 15) is 8.42 Å². The minimum Gasteiger partial charge on any atom is -0.375 e. The number of hydrogen-bond donors (Lipinski definition) is 2. The van der Waals surface area contributed by atoms with Gasteiger partial charge in [-0.2, -0.15) is 0 Å². The van der Waals surface area contributed by atoms with Crippen LogP contribution in [0.4, 0.5) is 0 Å². The molecule has 0 aliphatic heterocycles. The van der Waals surface area contributed by atoms with E-state index in [0.717, 1.165) is 22.3 Å². The van der Waals surface area contributed by atoms with E-state index in [0.29, 0.717) is 19.8 Å². The number of aryl methyl sites for hydroxylation is 2. The number of rotatable bonds is 12. The Labute approximate surface area is 220 Å². The van der Waals surface area contributed by atoms with Gasteiger partial charge in [0.05, 0.1) is 30.2 Å². The van der Waals surface area contributed by atoms with Crippen molar-refractivity contribution in [3.63, 3.8) is 0 Å². The van der Waals surface area contributed by atoms with E-state index in [1.54, 1.807) is 12.1 Å². The van der Waals surface area contributed by atoms with E-state index >= 15 is 0 Å².